The Balaban J connectivity index is 1.57. The molecule has 1 amide bonds. The SMILES string of the molecule is Nc1ccc(C(=O)N2CCN(CC3=C(F)CCC=C3F)CC2)cc1. The largest absolute Gasteiger partial charge is 0.399 e. The van der Waals surface area contributed by atoms with Gasteiger partial charge in [0, 0.05) is 56.0 Å². The number of nitrogens with two attached hydrogens (primary N) is 1. The summed E-state index contributed by atoms with van der Waals surface area (Å²) in [5.74, 6) is -0.835. The van der Waals surface area contributed by atoms with E-state index in [-0.39, 0.29) is 30.3 Å². The molecule has 24 heavy (non-hydrogen) atoms. The number of anilines is 1. The van der Waals surface area contributed by atoms with Crippen molar-refractivity contribution < 1.29 is 13.6 Å². The van der Waals surface area contributed by atoms with Gasteiger partial charge in [-0.3, -0.25) is 9.69 Å². The Hall–Kier alpha value is -2.21. The minimum Gasteiger partial charge on any atom is -0.399 e. The van der Waals surface area contributed by atoms with Gasteiger partial charge >= 0.3 is 0 Å². The molecule has 1 heterocycles. The molecule has 1 fully saturated rings. The molecule has 1 aromatic carbocycles. The van der Waals surface area contributed by atoms with Gasteiger partial charge in [0.25, 0.3) is 5.91 Å². The molecule has 1 aliphatic heterocycles. The number of carbonyl (C=O) groups is 1. The maximum atomic E-state index is 13.8. The van der Waals surface area contributed by atoms with Gasteiger partial charge in [-0.25, -0.2) is 8.78 Å². The average molecular weight is 333 g/mol. The van der Waals surface area contributed by atoms with Gasteiger partial charge in [0.05, 0.1) is 0 Å². The van der Waals surface area contributed by atoms with E-state index in [2.05, 4.69) is 0 Å². The van der Waals surface area contributed by atoms with Crippen LogP contribution in [0.25, 0.3) is 0 Å². The van der Waals surface area contributed by atoms with Crippen molar-refractivity contribution >= 4 is 11.6 Å². The standard InChI is InChI=1S/C18H21F2N3O/c19-16-2-1-3-17(20)15(16)12-22-8-10-23(11-9-22)18(24)13-4-6-14(21)7-5-13/h2,4-7H,1,3,8-12,21H2. The van der Waals surface area contributed by atoms with E-state index in [0.29, 0.717) is 43.9 Å². The first-order valence-electron chi connectivity index (χ1n) is 8.15. The summed E-state index contributed by atoms with van der Waals surface area (Å²) in [6.45, 7) is 2.56. The molecule has 0 radical (unpaired) electrons. The summed E-state index contributed by atoms with van der Waals surface area (Å²) in [5, 5.41) is 0. The molecule has 0 atom stereocenters. The van der Waals surface area contributed by atoms with Crippen LogP contribution in [0.4, 0.5) is 14.5 Å². The first-order chi connectivity index (χ1) is 11.5. The van der Waals surface area contributed by atoms with Crippen LogP contribution >= 0.6 is 0 Å². The highest BCUT2D eigenvalue weighted by Crippen LogP contribution is 2.28. The molecule has 1 aliphatic carbocycles. The van der Waals surface area contributed by atoms with Crippen LogP contribution in [0.3, 0.4) is 0 Å². The number of amides is 1. The quantitative estimate of drug-likeness (QED) is 0.866. The fourth-order valence-corrected chi connectivity index (χ4v) is 3.03. The minimum absolute atomic E-state index is 0.0382. The maximum absolute atomic E-state index is 13.8. The Bertz CT molecular complexity index is 674. The lowest BCUT2D eigenvalue weighted by molar-refractivity contribution is 0.0646. The fraction of sp³-hybridized carbons (Fsp3) is 0.389. The predicted octanol–water partition coefficient (Wildman–Crippen LogP) is 2.90. The summed E-state index contributed by atoms with van der Waals surface area (Å²) in [5.41, 5.74) is 7.02. The van der Waals surface area contributed by atoms with E-state index in [1.54, 1.807) is 29.2 Å². The summed E-state index contributed by atoms with van der Waals surface area (Å²) in [4.78, 5) is 16.2. The van der Waals surface area contributed by atoms with E-state index in [1.807, 2.05) is 4.90 Å². The van der Waals surface area contributed by atoms with E-state index in [9.17, 15) is 13.6 Å². The van der Waals surface area contributed by atoms with Gasteiger partial charge in [-0.05, 0) is 36.8 Å². The molecule has 6 heteroatoms. The summed E-state index contributed by atoms with van der Waals surface area (Å²) < 4.78 is 27.6. The Kier molecular flexibility index (Phi) is 4.94. The number of allylic oxidation sites excluding steroid dienone is 2. The lowest BCUT2D eigenvalue weighted by Gasteiger charge is -2.35. The molecule has 0 aromatic heterocycles. The Morgan fingerprint density at radius 3 is 2.38 bits per heavy atom. The highest BCUT2D eigenvalue weighted by Gasteiger charge is 2.25. The third-order valence-electron chi connectivity index (χ3n) is 4.50. The second kappa shape index (κ2) is 7.13. The van der Waals surface area contributed by atoms with Crippen LogP contribution in [-0.4, -0.2) is 48.4 Å². The maximum Gasteiger partial charge on any atom is 0.253 e. The molecule has 1 saturated heterocycles. The number of carbonyl (C=O) groups excluding carboxylic acids is 1. The predicted molar refractivity (Wildman–Crippen MR) is 89.8 cm³/mol. The fourth-order valence-electron chi connectivity index (χ4n) is 3.03. The summed E-state index contributed by atoms with van der Waals surface area (Å²) in [7, 11) is 0. The Morgan fingerprint density at radius 2 is 1.75 bits per heavy atom. The molecule has 2 N–H and O–H groups in total. The molecule has 0 unspecified atom stereocenters. The zero-order chi connectivity index (χ0) is 17.1. The lowest BCUT2D eigenvalue weighted by atomic mass is 10.0. The van der Waals surface area contributed by atoms with Crippen molar-refractivity contribution in [2.24, 2.45) is 0 Å². The number of piperazine rings is 1. The number of nitrogens with zero attached hydrogens (tertiary/aromatic N) is 2. The highest BCUT2D eigenvalue weighted by molar-refractivity contribution is 5.94. The van der Waals surface area contributed by atoms with E-state index >= 15 is 0 Å². The van der Waals surface area contributed by atoms with E-state index in [4.69, 9.17) is 5.73 Å². The number of rotatable bonds is 3. The lowest BCUT2D eigenvalue weighted by Crippen LogP contribution is -2.49. The molecule has 0 saturated carbocycles. The summed E-state index contributed by atoms with van der Waals surface area (Å²) >= 11 is 0. The normalized spacial score (nSPS) is 19.4. The van der Waals surface area contributed by atoms with Crippen LogP contribution in [0, 0.1) is 0 Å². The number of halogens is 2. The molecule has 3 rings (SSSR count). The van der Waals surface area contributed by atoms with Gasteiger partial charge in [-0.15, -0.1) is 0 Å². The first kappa shape index (κ1) is 16.6. The van der Waals surface area contributed by atoms with E-state index in [1.165, 1.54) is 6.08 Å². The zero-order valence-electron chi connectivity index (χ0n) is 13.5. The van der Waals surface area contributed by atoms with Crippen molar-refractivity contribution in [2.45, 2.75) is 12.8 Å². The van der Waals surface area contributed by atoms with Crippen LogP contribution in [0.2, 0.25) is 0 Å². The van der Waals surface area contributed by atoms with Gasteiger partial charge in [0.15, 0.2) is 0 Å². The molecule has 0 spiro atoms. The third-order valence-corrected chi connectivity index (χ3v) is 4.50. The van der Waals surface area contributed by atoms with Crippen molar-refractivity contribution in [3.63, 3.8) is 0 Å². The van der Waals surface area contributed by atoms with Crippen LogP contribution in [0.1, 0.15) is 23.2 Å². The van der Waals surface area contributed by atoms with Crippen LogP contribution < -0.4 is 5.73 Å². The van der Waals surface area contributed by atoms with Crippen molar-refractivity contribution in [3.8, 4) is 0 Å². The van der Waals surface area contributed by atoms with Gasteiger partial charge in [-0.2, -0.15) is 0 Å². The Labute approximate surface area is 140 Å². The molecule has 1 aromatic rings. The second-order valence-corrected chi connectivity index (χ2v) is 6.16. The van der Waals surface area contributed by atoms with Gasteiger partial charge in [0.1, 0.15) is 11.7 Å². The molecule has 0 bridgehead atoms. The van der Waals surface area contributed by atoms with Crippen molar-refractivity contribution in [1.82, 2.24) is 9.80 Å². The second-order valence-electron chi connectivity index (χ2n) is 6.16. The van der Waals surface area contributed by atoms with Crippen molar-refractivity contribution in [2.75, 3.05) is 38.5 Å². The van der Waals surface area contributed by atoms with Crippen LogP contribution in [-0.2, 0) is 0 Å². The molecular weight excluding hydrogens is 312 g/mol. The number of hydrogen-bond acceptors (Lipinski definition) is 3. The molecule has 4 nitrogen and oxygen atoms in total. The van der Waals surface area contributed by atoms with Crippen LogP contribution in [0.15, 0.2) is 47.6 Å². The van der Waals surface area contributed by atoms with Crippen LogP contribution in [0.5, 0.6) is 0 Å². The number of benzene rings is 1. The topological polar surface area (TPSA) is 49.6 Å². The zero-order valence-corrected chi connectivity index (χ0v) is 13.5. The Morgan fingerprint density at radius 1 is 1.08 bits per heavy atom. The first-order valence-corrected chi connectivity index (χ1v) is 8.15. The van der Waals surface area contributed by atoms with Gasteiger partial charge < -0.3 is 10.6 Å². The highest BCUT2D eigenvalue weighted by atomic mass is 19.1. The van der Waals surface area contributed by atoms with Crippen molar-refractivity contribution in [1.29, 1.82) is 0 Å². The molecular formula is C18H21F2N3O. The van der Waals surface area contributed by atoms with E-state index < -0.39 is 5.83 Å². The molecule has 128 valence electrons. The molecule has 2 aliphatic rings. The van der Waals surface area contributed by atoms with Crippen molar-refractivity contribution in [3.05, 3.63) is 53.1 Å². The monoisotopic (exact) mass is 333 g/mol. The van der Waals surface area contributed by atoms with E-state index in [0.717, 1.165) is 0 Å². The smallest absolute Gasteiger partial charge is 0.253 e. The van der Waals surface area contributed by atoms with Gasteiger partial charge in [0.2, 0.25) is 0 Å². The summed E-state index contributed by atoms with van der Waals surface area (Å²) in [6.07, 6.45) is 2.14. The third kappa shape index (κ3) is 3.64. The number of nitrogen functional groups attached to an aromatic ring is 1. The average Bonchev–Trinajstić information content (AvgIpc) is 2.59. The van der Waals surface area contributed by atoms with Gasteiger partial charge in [-0.1, -0.05) is 0 Å². The minimum atomic E-state index is -0.445. The number of hydrogen-bond donors (Lipinski definition) is 1. The summed E-state index contributed by atoms with van der Waals surface area (Å²) in [6, 6.07) is 6.84.